The van der Waals surface area contributed by atoms with Crippen molar-refractivity contribution in [1.82, 2.24) is 0 Å². The molecule has 2 aromatic rings. The van der Waals surface area contributed by atoms with Crippen molar-refractivity contribution in [2.24, 2.45) is 0 Å². The molecule has 1 unspecified atom stereocenters. The van der Waals surface area contributed by atoms with Gasteiger partial charge in [0.2, 0.25) is 0 Å². The zero-order valence-electron chi connectivity index (χ0n) is 14.3. The average molecular weight is 350 g/mol. The Hall–Kier alpha value is -2.08. The molecule has 0 aliphatic rings. The van der Waals surface area contributed by atoms with Crippen LogP contribution in [0.15, 0.2) is 52.0 Å². The molecule has 0 radical (unpaired) electrons. The number of benzene rings is 1. The molecule has 24 heavy (non-hydrogen) atoms. The lowest BCUT2D eigenvalue weighted by atomic mass is 10.1. The second-order valence-electron chi connectivity index (χ2n) is 6.63. The molecule has 0 aliphatic heterocycles. The van der Waals surface area contributed by atoms with Gasteiger partial charge in [0.05, 0.1) is 17.6 Å². The highest BCUT2D eigenvalue weighted by molar-refractivity contribution is 7.91. The standard InChI is InChI=1S/C18H22O5S/c1-13-10-14(12-22-13)16(11-17(19)23-18(2,3)4)24(20,21)15-8-6-5-7-9-15/h5-10,12,16H,11H2,1-4H3. The van der Waals surface area contributed by atoms with Crippen LogP contribution in [0.25, 0.3) is 0 Å². The van der Waals surface area contributed by atoms with E-state index in [0.717, 1.165) is 0 Å². The maximum Gasteiger partial charge on any atom is 0.307 e. The van der Waals surface area contributed by atoms with Crippen LogP contribution >= 0.6 is 0 Å². The fraction of sp³-hybridized carbons (Fsp3) is 0.389. The summed E-state index contributed by atoms with van der Waals surface area (Å²) in [5.74, 6) is 0.0216. The fourth-order valence-corrected chi connectivity index (χ4v) is 4.05. The maximum absolute atomic E-state index is 13.0. The topological polar surface area (TPSA) is 73.6 Å². The summed E-state index contributed by atoms with van der Waals surface area (Å²) in [6, 6.07) is 9.71. The Labute approximate surface area is 142 Å². The molecular weight excluding hydrogens is 328 g/mol. The van der Waals surface area contributed by atoms with E-state index in [0.29, 0.717) is 11.3 Å². The summed E-state index contributed by atoms with van der Waals surface area (Å²) in [7, 11) is -3.75. The van der Waals surface area contributed by atoms with E-state index in [1.165, 1.54) is 18.4 Å². The first-order valence-electron chi connectivity index (χ1n) is 7.65. The molecule has 0 N–H and O–H groups in total. The number of ether oxygens (including phenoxy) is 1. The Morgan fingerprint density at radius 1 is 1.21 bits per heavy atom. The van der Waals surface area contributed by atoms with Gasteiger partial charge in [0.25, 0.3) is 0 Å². The Morgan fingerprint density at radius 3 is 2.33 bits per heavy atom. The first-order valence-corrected chi connectivity index (χ1v) is 9.20. The molecule has 0 bridgehead atoms. The van der Waals surface area contributed by atoms with Crippen molar-refractivity contribution in [2.45, 2.75) is 49.9 Å². The van der Waals surface area contributed by atoms with Gasteiger partial charge in [-0.2, -0.15) is 0 Å². The highest BCUT2D eigenvalue weighted by Crippen LogP contribution is 2.33. The molecule has 0 amide bonds. The number of rotatable bonds is 5. The van der Waals surface area contributed by atoms with Gasteiger partial charge in [-0.15, -0.1) is 0 Å². The van der Waals surface area contributed by atoms with Crippen molar-refractivity contribution in [3.8, 4) is 0 Å². The molecule has 1 aromatic heterocycles. The number of sulfone groups is 1. The lowest BCUT2D eigenvalue weighted by molar-refractivity contribution is -0.154. The van der Waals surface area contributed by atoms with E-state index >= 15 is 0 Å². The number of furan rings is 1. The molecule has 5 nitrogen and oxygen atoms in total. The molecule has 2 rings (SSSR count). The summed E-state index contributed by atoms with van der Waals surface area (Å²) in [6.45, 7) is 6.96. The van der Waals surface area contributed by atoms with Crippen LogP contribution in [0.2, 0.25) is 0 Å². The van der Waals surface area contributed by atoms with Crippen LogP contribution in [-0.4, -0.2) is 20.0 Å². The molecule has 130 valence electrons. The van der Waals surface area contributed by atoms with Gasteiger partial charge < -0.3 is 9.15 Å². The number of carbonyl (C=O) groups is 1. The van der Waals surface area contributed by atoms with Gasteiger partial charge >= 0.3 is 5.97 Å². The lowest BCUT2D eigenvalue weighted by Gasteiger charge is -2.22. The predicted octanol–water partition coefficient (Wildman–Crippen LogP) is 3.83. The van der Waals surface area contributed by atoms with E-state index in [4.69, 9.17) is 9.15 Å². The molecule has 1 atom stereocenters. The minimum atomic E-state index is -3.75. The van der Waals surface area contributed by atoms with Gasteiger partial charge in [-0.25, -0.2) is 8.42 Å². The number of hydrogen-bond acceptors (Lipinski definition) is 5. The van der Waals surface area contributed by atoms with E-state index in [1.54, 1.807) is 52.0 Å². The van der Waals surface area contributed by atoms with Crippen LogP contribution in [0.3, 0.4) is 0 Å². The van der Waals surface area contributed by atoms with Gasteiger partial charge in [0.15, 0.2) is 9.84 Å². The zero-order valence-corrected chi connectivity index (χ0v) is 15.1. The van der Waals surface area contributed by atoms with E-state index < -0.39 is 26.7 Å². The Morgan fingerprint density at radius 2 is 1.83 bits per heavy atom. The lowest BCUT2D eigenvalue weighted by Crippen LogP contribution is -2.26. The summed E-state index contributed by atoms with van der Waals surface area (Å²) < 4.78 is 36.5. The number of esters is 1. The first kappa shape index (κ1) is 18.3. The molecular formula is C18H22O5S. The van der Waals surface area contributed by atoms with E-state index in [1.807, 2.05) is 0 Å². The van der Waals surface area contributed by atoms with Crippen LogP contribution < -0.4 is 0 Å². The first-order chi connectivity index (χ1) is 11.1. The van der Waals surface area contributed by atoms with Crippen molar-refractivity contribution in [3.63, 3.8) is 0 Å². The smallest absolute Gasteiger partial charge is 0.307 e. The SMILES string of the molecule is Cc1cc(C(CC(=O)OC(C)(C)C)S(=O)(=O)c2ccccc2)co1. The quantitative estimate of drug-likeness (QED) is 0.766. The van der Waals surface area contributed by atoms with Crippen molar-refractivity contribution in [3.05, 3.63) is 54.0 Å². The van der Waals surface area contributed by atoms with Crippen LogP contribution in [0, 0.1) is 6.92 Å². The monoisotopic (exact) mass is 350 g/mol. The minimum absolute atomic E-state index is 0.164. The third-order valence-corrected chi connectivity index (χ3v) is 5.46. The number of hydrogen-bond donors (Lipinski definition) is 0. The van der Waals surface area contributed by atoms with Gasteiger partial charge in [-0.1, -0.05) is 18.2 Å². The van der Waals surface area contributed by atoms with Crippen molar-refractivity contribution < 1.29 is 22.4 Å². The van der Waals surface area contributed by atoms with Gasteiger partial charge in [0, 0.05) is 5.56 Å². The Bertz CT molecular complexity index is 797. The number of aryl methyl sites for hydroxylation is 1. The van der Waals surface area contributed by atoms with Gasteiger partial charge in [-0.05, 0) is 45.9 Å². The summed E-state index contributed by atoms with van der Waals surface area (Å²) >= 11 is 0. The molecule has 0 fully saturated rings. The maximum atomic E-state index is 13.0. The molecule has 1 aromatic carbocycles. The van der Waals surface area contributed by atoms with Crippen LogP contribution in [0.1, 0.15) is 43.8 Å². The highest BCUT2D eigenvalue weighted by atomic mass is 32.2. The van der Waals surface area contributed by atoms with Crippen LogP contribution in [0.5, 0.6) is 0 Å². The third kappa shape index (κ3) is 4.47. The minimum Gasteiger partial charge on any atom is -0.469 e. The van der Waals surface area contributed by atoms with Crippen LogP contribution in [-0.2, 0) is 19.4 Å². The summed E-state index contributed by atoms with van der Waals surface area (Å²) in [5.41, 5.74) is -0.230. The highest BCUT2D eigenvalue weighted by Gasteiger charge is 2.34. The zero-order chi connectivity index (χ0) is 18.0. The van der Waals surface area contributed by atoms with Crippen molar-refractivity contribution in [2.75, 3.05) is 0 Å². The summed E-state index contributed by atoms with van der Waals surface area (Å²) in [4.78, 5) is 12.4. The predicted molar refractivity (Wildman–Crippen MR) is 90.3 cm³/mol. The second-order valence-corrected chi connectivity index (χ2v) is 8.76. The molecule has 1 heterocycles. The van der Waals surface area contributed by atoms with Crippen molar-refractivity contribution >= 4 is 15.8 Å². The van der Waals surface area contributed by atoms with Crippen molar-refractivity contribution in [1.29, 1.82) is 0 Å². The number of carbonyl (C=O) groups excluding carboxylic acids is 1. The van der Waals surface area contributed by atoms with E-state index in [-0.39, 0.29) is 11.3 Å². The largest absolute Gasteiger partial charge is 0.469 e. The second kappa shape index (κ2) is 6.81. The van der Waals surface area contributed by atoms with E-state index in [9.17, 15) is 13.2 Å². The molecule has 0 saturated carbocycles. The third-order valence-electron chi connectivity index (χ3n) is 3.34. The molecule has 0 aliphatic carbocycles. The average Bonchev–Trinajstić information content (AvgIpc) is 2.90. The fourth-order valence-electron chi connectivity index (χ4n) is 2.35. The Kier molecular flexibility index (Phi) is 5.18. The van der Waals surface area contributed by atoms with Gasteiger partial charge in [0.1, 0.15) is 16.6 Å². The molecule has 6 heteroatoms. The Balaban J connectivity index is 2.39. The molecule has 0 spiro atoms. The van der Waals surface area contributed by atoms with Crippen LogP contribution in [0.4, 0.5) is 0 Å². The summed E-state index contributed by atoms with van der Waals surface area (Å²) in [5, 5.41) is -1.05. The molecule has 0 saturated heterocycles. The summed E-state index contributed by atoms with van der Waals surface area (Å²) in [6.07, 6.45) is 1.11. The van der Waals surface area contributed by atoms with E-state index in [2.05, 4.69) is 0 Å². The normalized spacial score (nSPS) is 13.5. The van der Waals surface area contributed by atoms with Gasteiger partial charge in [-0.3, -0.25) is 4.79 Å².